The molecule has 2 unspecified atom stereocenters. The molecule has 1 amide bonds. The molecule has 2 aliphatic rings. The van der Waals surface area contributed by atoms with Gasteiger partial charge in [0.15, 0.2) is 0 Å². The Morgan fingerprint density at radius 2 is 2.00 bits per heavy atom. The molecule has 0 aromatic carbocycles. The largest absolute Gasteiger partial charge is 0.481 e. The molecular formula is C12H19NO3S. The monoisotopic (exact) mass is 257 g/mol. The van der Waals surface area contributed by atoms with Gasteiger partial charge in [-0.2, -0.15) is 11.8 Å². The molecule has 1 saturated carbocycles. The smallest absolute Gasteiger partial charge is 0.307 e. The molecular weight excluding hydrogens is 238 g/mol. The quantitative estimate of drug-likeness (QED) is 0.813. The second-order valence-electron chi connectivity index (χ2n) is 5.47. The van der Waals surface area contributed by atoms with Gasteiger partial charge in [-0.05, 0) is 12.8 Å². The van der Waals surface area contributed by atoms with Crippen molar-refractivity contribution >= 4 is 23.6 Å². The van der Waals surface area contributed by atoms with Gasteiger partial charge in [0, 0.05) is 23.6 Å². The summed E-state index contributed by atoms with van der Waals surface area (Å²) < 4.78 is 0.227. The number of thioether (sulfide) groups is 1. The van der Waals surface area contributed by atoms with Crippen LogP contribution < -0.4 is 0 Å². The van der Waals surface area contributed by atoms with E-state index in [0.29, 0.717) is 6.42 Å². The van der Waals surface area contributed by atoms with Crippen molar-refractivity contribution in [2.24, 2.45) is 11.8 Å². The van der Waals surface area contributed by atoms with Gasteiger partial charge in [0.25, 0.3) is 0 Å². The summed E-state index contributed by atoms with van der Waals surface area (Å²) in [5.41, 5.74) is 0. The highest BCUT2D eigenvalue weighted by Gasteiger charge is 2.49. The van der Waals surface area contributed by atoms with Crippen molar-refractivity contribution in [1.82, 2.24) is 4.90 Å². The van der Waals surface area contributed by atoms with E-state index in [9.17, 15) is 9.59 Å². The molecule has 0 aromatic heterocycles. The summed E-state index contributed by atoms with van der Waals surface area (Å²) in [7, 11) is 0. The average molecular weight is 257 g/mol. The Bertz CT molecular complexity index is 343. The van der Waals surface area contributed by atoms with Crippen LogP contribution in [-0.2, 0) is 9.59 Å². The van der Waals surface area contributed by atoms with Gasteiger partial charge in [0.05, 0.1) is 11.8 Å². The van der Waals surface area contributed by atoms with Crippen LogP contribution in [0.1, 0.15) is 26.7 Å². The van der Waals surface area contributed by atoms with E-state index >= 15 is 0 Å². The standard InChI is InChI=1S/C12H19NO3S/c1-12(2)3-4-13(5-6-17-12)10(14)8-7-9(8)11(15)16/h8-9H,3-7H2,1-2H3,(H,15,16). The lowest BCUT2D eigenvalue weighted by molar-refractivity contribution is -0.141. The summed E-state index contributed by atoms with van der Waals surface area (Å²) in [5, 5.41) is 8.83. The molecule has 4 nitrogen and oxygen atoms in total. The molecule has 1 aliphatic heterocycles. The summed E-state index contributed by atoms with van der Waals surface area (Å²) in [6.07, 6.45) is 1.51. The molecule has 1 saturated heterocycles. The van der Waals surface area contributed by atoms with Crippen LogP contribution in [0, 0.1) is 11.8 Å². The Balaban J connectivity index is 1.91. The second kappa shape index (κ2) is 4.52. The third-order valence-corrected chi connectivity index (χ3v) is 4.95. The van der Waals surface area contributed by atoms with Crippen LogP contribution in [0.4, 0.5) is 0 Å². The SMILES string of the molecule is CC1(C)CCN(C(=O)C2CC2C(=O)O)CCS1. The molecule has 2 atom stereocenters. The first-order valence-corrected chi connectivity index (χ1v) is 7.05. The first-order chi connectivity index (χ1) is 7.91. The lowest BCUT2D eigenvalue weighted by atomic mass is 10.1. The van der Waals surface area contributed by atoms with Crippen LogP contribution in [0.15, 0.2) is 0 Å². The average Bonchev–Trinajstić information content (AvgIpc) is 3.00. The second-order valence-corrected chi connectivity index (χ2v) is 7.27. The topological polar surface area (TPSA) is 57.6 Å². The molecule has 1 aliphatic carbocycles. The molecule has 0 bridgehead atoms. The first kappa shape index (κ1) is 12.7. The zero-order valence-corrected chi connectivity index (χ0v) is 11.1. The number of aliphatic carboxylic acids is 1. The van der Waals surface area contributed by atoms with Crippen molar-refractivity contribution in [2.75, 3.05) is 18.8 Å². The Labute approximate surface area is 106 Å². The lowest BCUT2D eigenvalue weighted by Crippen LogP contribution is -2.35. The van der Waals surface area contributed by atoms with Gasteiger partial charge < -0.3 is 10.0 Å². The fraction of sp³-hybridized carbons (Fsp3) is 0.833. The van der Waals surface area contributed by atoms with Gasteiger partial charge in [0.2, 0.25) is 5.91 Å². The fourth-order valence-corrected chi connectivity index (χ4v) is 3.32. The maximum Gasteiger partial charge on any atom is 0.307 e. The van der Waals surface area contributed by atoms with Gasteiger partial charge in [-0.3, -0.25) is 9.59 Å². The zero-order chi connectivity index (χ0) is 12.6. The van der Waals surface area contributed by atoms with Crippen molar-refractivity contribution in [2.45, 2.75) is 31.4 Å². The molecule has 2 rings (SSSR count). The van der Waals surface area contributed by atoms with Gasteiger partial charge >= 0.3 is 5.97 Å². The van der Waals surface area contributed by atoms with Crippen LogP contribution in [-0.4, -0.2) is 45.5 Å². The molecule has 0 aromatic rings. The maximum absolute atomic E-state index is 12.1. The minimum atomic E-state index is -0.826. The molecule has 1 N–H and O–H groups in total. The van der Waals surface area contributed by atoms with Gasteiger partial charge in [-0.1, -0.05) is 13.8 Å². The summed E-state index contributed by atoms with van der Waals surface area (Å²) in [6.45, 7) is 5.92. The third-order valence-electron chi connectivity index (χ3n) is 3.57. The predicted molar refractivity (Wildman–Crippen MR) is 67.0 cm³/mol. The summed E-state index contributed by atoms with van der Waals surface area (Å²) >= 11 is 1.89. The van der Waals surface area contributed by atoms with Gasteiger partial charge in [0.1, 0.15) is 0 Å². The molecule has 96 valence electrons. The molecule has 2 fully saturated rings. The molecule has 5 heteroatoms. The normalized spacial score (nSPS) is 31.8. The minimum Gasteiger partial charge on any atom is -0.481 e. The Hall–Kier alpha value is -0.710. The fourth-order valence-electron chi connectivity index (χ4n) is 2.22. The number of rotatable bonds is 2. The van der Waals surface area contributed by atoms with E-state index in [0.717, 1.165) is 25.3 Å². The number of carboxylic acids is 1. The van der Waals surface area contributed by atoms with E-state index < -0.39 is 11.9 Å². The highest BCUT2D eigenvalue weighted by Crippen LogP contribution is 2.41. The van der Waals surface area contributed by atoms with Gasteiger partial charge in [-0.25, -0.2) is 0 Å². The molecule has 1 heterocycles. The summed E-state index contributed by atoms with van der Waals surface area (Å²) in [4.78, 5) is 24.7. The van der Waals surface area contributed by atoms with E-state index in [1.165, 1.54) is 0 Å². The maximum atomic E-state index is 12.1. The van der Waals surface area contributed by atoms with Crippen molar-refractivity contribution in [3.05, 3.63) is 0 Å². The Morgan fingerprint density at radius 3 is 2.59 bits per heavy atom. The van der Waals surface area contributed by atoms with Crippen LogP contribution in [0.25, 0.3) is 0 Å². The highest BCUT2D eigenvalue weighted by molar-refractivity contribution is 8.00. The van der Waals surface area contributed by atoms with E-state index in [1.807, 2.05) is 16.7 Å². The van der Waals surface area contributed by atoms with Crippen molar-refractivity contribution in [1.29, 1.82) is 0 Å². The Morgan fingerprint density at radius 1 is 1.29 bits per heavy atom. The molecule has 0 radical (unpaired) electrons. The summed E-state index contributed by atoms with van der Waals surface area (Å²) in [5.74, 6) is -0.503. The molecule has 0 spiro atoms. The first-order valence-electron chi connectivity index (χ1n) is 6.06. The predicted octanol–water partition coefficient (Wildman–Crippen LogP) is 1.45. The van der Waals surface area contributed by atoms with Crippen molar-refractivity contribution in [3.8, 4) is 0 Å². The minimum absolute atomic E-state index is 0.0516. The van der Waals surface area contributed by atoms with Crippen LogP contribution in [0.3, 0.4) is 0 Å². The highest BCUT2D eigenvalue weighted by atomic mass is 32.2. The number of carbonyl (C=O) groups is 2. The van der Waals surface area contributed by atoms with Crippen LogP contribution in [0.5, 0.6) is 0 Å². The van der Waals surface area contributed by atoms with Crippen molar-refractivity contribution in [3.63, 3.8) is 0 Å². The number of nitrogens with zero attached hydrogens (tertiary/aromatic N) is 1. The van der Waals surface area contributed by atoms with E-state index in [1.54, 1.807) is 0 Å². The number of amides is 1. The Kier molecular flexibility index (Phi) is 3.39. The lowest BCUT2D eigenvalue weighted by Gasteiger charge is -2.22. The zero-order valence-electron chi connectivity index (χ0n) is 10.3. The number of carboxylic acid groups (broad SMARTS) is 1. The third kappa shape index (κ3) is 2.94. The van der Waals surface area contributed by atoms with Crippen molar-refractivity contribution < 1.29 is 14.7 Å². The number of hydrogen-bond acceptors (Lipinski definition) is 3. The van der Waals surface area contributed by atoms with Crippen LogP contribution in [0.2, 0.25) is 0 Å². The summed E-state index contributed by atoms with van der Waals surface area (Å²) in [6, 6.07) is 0. The molecule has 17 heavy (non-hydrogen) atoms. The van der Waals surface area contributed by atoms with E-state index in [4.69, 9.17) is 5.11 Å². The number of hydrogen-bond donors (Lipinski definition) is 1. The van der Waals surface area contributed by atoms with E-state index in [2.05, 4.69) is 13.8 Å². The number of carbonyl (C=O) groups excluding carboxylic acids is 1. The van der Waals surface area contributed by atoms with Crippen LogP contribution >= 0.6 is 11.8 Å². The van der Waals surface area contributed by atoms with E-state index in [-0.39, 0.29) is 16.6 Å². The van der Waals surface area contributed by atoms with Gasteiger partial charge in [-0.15, -0.1) is 0 Å².